The maximum Gasteiger partial charge on any atom is 0.340 e. The van der Waals surface area contributed by atoms with Crippen LogP contribution in [0.1, 0.15) is 10.4 Å². The van der Waals surface area contributed by atoms with Crippen LogP contribution in [0.4, 0.5) is 8.78 Å². The molecule has 4 rings (SSSR count). The quantitative estimate of drug-likeness (QED) is 0.551. The van der Waals surface area contributed by atoms with E-state index in [4.69, 9.17) is 14.2 Å². The van der Waals surface area contributed by atoms with E-state index in [1.807, 2.05) is 0 Å². The lowest BCUT2D eigenvalue weighted by Gasteiger charge is -2.14. The van der Waals surface area contributed by atoms with Crippen LogP contribution in [0, 0.1) is 17.6 Å². The van der Waals surface area contributed by atoms with E-state index in [0.717, 1.165) is 18.2 Å². The van der Waals surface area contributed by atoms with E-state index in [1.54, 1.807) is 0 Å². The minimum Gasteiger partial charge on any atom is -0.462 e. The highest BCUT2D eigenvalue weighted by atomic mass is 19.1. The molecule has 0 unspecified atom stereocenters. The average Bonchev–Trinajstić information content (AvgIpc) is 2.96. The summed E-state index contributed by atoms with van der Waals surface area (Å²) in [6, 6.07) is 5.68. The second-order valence-electron chi connectivity index (χ2n) is 6.63. The molecule has 0 radical (unpaired) electrons. The van der Waals surface area contributed by atoms with Crippen LogP contribution in [0.5, 0.6) is 0 Å². The molecule has 8 heteroatoms. The zero-order valence-electron chi connectivity index (χ0n) is 14.8. The Kier molecular flexibility index (Phi) is 5.06. The third-order valence-electron chi connectivity index (χ3n) is 4.58. The van der Waals surface area contributed by atoms with Gasteiger partial charge in [0.1, 0.15) is 11.6 Å². The summed E-state index contributed by atoms with van der Waals surface area (Å²) in [7, 11) is 0. The molecule has 0 saturated carbocycles. The van der Waals surface area contributed by atoms with Crippen molar-refractivity contribution >= 4 is 27.8 Å². The van der Waals surface area contributed by atoms with Crippen molar-refractivity contribution < 1.29 is 27.8 Å². The molecule has 2 heterocycles. The number of carbonyl (C=O) groups excluding carboxylic acids is 1. The summed E-state index contributed by atoms with van der Waals surface area (Å²) < 4.78 is 43.6. The lowest BCUT2D eigenvalue weighted by Crippen LogP contribution is -2.21. The molecule has 2 aromatic carbocycles. The Morgan fingerprint density at radius 3 is 2.54 bits per heavy atom. The van der Waals surface area contributed by atoms with Gasteiger partial charge in [0.2, 0.25) is 0 Å². The van der Waals surface area contributed by atoms with Crippen molar-refractivity contribution in [2.75, 3.05) is 33.0 Å². The molecule has 0 atom stereocenters. The van der Waals surface area contributed by atoms with E-state index in [1.165, 1.54) is 12.1 Å². The number of hydrogen-bond donors (Lipinski definition) is 1. The normalized spacial score (nSPS) is 15.6. The van der Waals surface area contributed by atoms with Crippen LogP contribution >= 0.6 is 0 Å². The van der Waals surface area contributed by atoms with Crippen molar-refractivity contribution in [2.45, 2.75) is 0 Å². The molecule has 1 saturated heterocycles. The molecule has 0 amide bonds. The van der Waals surface area contributed by atoms with Gasteiger partial charge in [-0.15, -0.1) is 0 Å². The first-order valence-electron chi connectivity index (χ1n) is 8.80. The van der Waals surface area contributed by atoms with Gasteiger partial charge in [0.25, 0.3) is 0 Å². The van der Waals surface area contributed by atoms with Gasteiger partial charge in [-0.2, -0.15) is 0 Å². The van der Waals surface area contributed by atoms with Crippen molar-refractivity contribution in [3.63, 3.8) is 0 Å². The number of fused-ring (bicyclic) bond motifs is 2. The predicted octanol–water partition coefficient (Wildman–Crippen LogP) is 2.78. The molecule has 6 nitrogen and oxygen atoms in total. The van der Waals surface area contributed by atoms with Gasteiger partial charge in [-0.05, 0) is 30.3 Å². The van der Waals surface area contributed by atoms with Crippen LogP contribution < -0.4 is 5.43 Å². The minimum atomic E-state index is -0.772. The second kappa shape index (κ2) is 7.65. The largest absolute Gasteiger partial charge is 0.462 e. The smallest absolute Gasteiger partial charge is 0.340 e. The second-order valence-corrected chi connectivity index (χ2v) is 6.63. The fraction of sp³-hybridized carbons (Fsp3) is 0.300. The average molecular weight is 389 g/mol. The van der Waals surface area contributed by atoms with Crippen molar-refractivity contribution in [1.29, 1.82) is 0 Å². The molecule has 0 aliphatic carbocycles. The number of nitrogens with one attached hydrogen (secondary N) is 1. The number of pyridine rings is 1. The first kappa shape index (κ1) is 18.5. The fourth-order valence-electron chi connectivity index (χ4n) is 3.21. The summed E-state index contributed by atoms with van der Waals surface area (Å²) >= 11 is 0. The van der Waals surface area contributed by atoms with E-state index in [9.17, 15) is 18.4 Å². The Morgan fingerprint density at radius 2 is 1.79 bits per heavy atom. The number of rotatable bonds is 3. The molecule has 1 N–H and O–H groups in total. The van der Waals surface area contributed by atoms with E-state index >= 15 is 0 Å². The maximum absolute atomic E-state index is 14.1. The van der Waals surface area contributed by atoms with Crippen molar-refractivity contribution in [3.05, 3.63) is 57.8 Å². The Morgan fingerprint density at radius 1 is 1.07 bits per heavy atom. The number of H-pyrrole nitrogens is 1. The summed E-state index contributed by atoms with van der Waals surface area (Å²) in [6.07, 6.45) is 0. The number of aromatic amines is 1. The highest BCUT2D eigenvalue weighted by Crippen LogP contribution is 2.22. The fourth-order valence-corrected chi connectivity index (χ4v) is 3.21. The number of carbonyl (C=O) groups is 1. The molecule has 28 heavy (non-hydrogen) atoms. The molecule has 1 aliphatic heterocycles. The third-order valence-corrected chi connectivity index (χ3v) is 4.58. The number of hydrogen-bond acceptors (Lipinski definition) is 5. The molecule has 1 aromatic heterocycles. The Bertz CT molecular complexity index is 1100. The minimum absolute atomic E-state index is 0.0415. The zero-order valence-corrected chi connectivity index (χ0v) is 14.8. The SMILES string of the molecule is O=C(OCC1COCCOC1)c1cc(F)cc2c(=O)c3cc(F)ccc3[nH]c12. The number of ether oxygens (including phenoxy) is 3. The summed E-state index contributed by atoms with van der Waals surface area (Å²) in [5.41, 5.74) is -0.190. The van der Waals surface area contributed by atoms with Crippen molar-refractivity contribution in [3.8, 4) is 0 Å². The number of benzene rings is 2. The van der Waals surface area contributed by atoms with Gasteiger partial charge in [0.15, 0.2) is 5.43 Å². The molecular weight excluding hydrogens is 372 g/mol. The monoisotopic (exact) mass is 389 g/mol. The van der Waals surface area contributed by atoms with Crippen LogP contribution in [0.25, 0.3) is 21.8 Å². The van der Waals surface area contributed by atoms with Crippen LogP contribution in [0.15, 0.2) is 35.1 Å². The maximum atomic E-state index is 14.1. The summed E-state index contributed by atoms with van der Waals surface area (Å²) in [6.45, 7) is 1.79. The van der Waals surface area contributed by atoms with Crippen molar-refractivity contribution in [1.82, 2.24) is 4.98 Å². The highest BCUT2D eigenvalue weighted by molar-refractivity contribution is 6.05. The van der Waals surface area contributed by atoms with Gasteiger partial charge in [-0.1, -0.05) is 0 Å². The van der Waals surface area contributed by atoms with E-state index < -0.39 is 23.0 Å². The summed E-state index contributed by atoms with van der Waals surface area (Å²) in [5.74, 6) is -2.25. The Labute approximate surface area is 158 Å². The van der Waals surface area contributed by atoms with Crippen LogP contribution in [0.3, 0.4) is 0 Å². The lowest BCUT2D eigenvalue weighted by atomic mass is 10.1. The lowest BCUT2D eigenvalue weighted by molar-refractivity contribution is 0.0298. The molecule has 3 aromatic rings. The number of aromatic nitrogens is 1. The van der Waals surface area contributed by atoms with Gasteiger partial charge in [0.05, 0.1) is 44.1 Å². The molecule has 0 bridgehead atoms. The van der Waals surface area contributed by atoms with Gasteiger partial charge in [0, 0.05) is 22.2 Å². The van der Waals surface area contributed by atoms with Gasteiger partial charge >= 0.3 is 5.97 Å². The van der Waals surface area contributed by atoms with Crippen LogP contribution in [0.2, 0.25) is 0 Å². The number of esters is 1. The van der Waals surface area contributed by atoms with E-state index in [2.05, 4.69) is 4.98 Å². The van der Waals surface area contributed by atoms with Gasteiger partial charge < -0.3 is 19.2 Å². The first-order valence-corrected chi connectivity index (χ1v) is 8.80. The Hall–Kier alpha value is -2.84. The number of halogens is 2. The molecule has 146 valence electrons. The van der Waals surface area contributed by atoms with E-state index in [0.29, 0.717) is 31.9 Å². The van der Waals surface area contributed by atoms with Crippen LogP contribution in [-0.4, -0.2) is 44.0 Å². The van der Waals surface area contributed by atoms with Gasteiger partial charge in [-0.25, -0.2) is 13.6 Å². The van der Waals surface area contributed by atoms with Gasteiger partial charge in [-0.3, -0.25) is 4.79 Å². The topological polar surface area (TPSA) is 77.6 Å². The zero-order chi connectivity index (χ0) is 19.7. The molecular formula is C20H17F2NO5. The molecule has 0 spiro atoms. The first-order chi connectivity index (χ1) is 13.5. The standard InChI is InChI=1S/C20H17F2NO5/c21-12-1-2-17-14(5-12)19(24)15-6-13(22)7-16(18(15)23-17)20(25)28-10-11-8-26-3-4-27-9-11/h1-2,5-7,11H,3-4,8-10H2,(H,23,24). The van der Waals surface area contributed by atoms with Crippen molar-refractivity contribution in [2.24, 2.45) is 5.92 Å². The Balaban J connectivity index is 1.71. The molecule has 1 aliphatic rings. The third kappa shape index (κ3) is 3.61. The highest BCUT2D eigenvalue weighted by Gasteiger charge is 2.20. The van der Waals surface area contributed by atoms with Crippen LogP contribution in [-0.2, 0) is 14.2 Å². The summed E-state index contributed by atoms with van der Waals surface area (Å²) in [4.78, 5) is 28.2. The summed E-state index contributed by atoms with van der Waals surface area (Å²) in [5, 5.41) is 0.0244. The molecule has 1 fully saturated rings. The predicted molar refractivity (Wildman–Crippen MR) is 97.4 cm³/mol. The van der Waals surface area contributed by atoms with E-state index in [-0.39, 0.29) is 34.4 Å².